The number of furan rings is 1. The first-order valence-corrected chi connectivity index (χ1v) is 9.41. The number of ether oxygens (including phenoxy) is 3. The van der Waals surface area contributed by atoms with Crippen LogP contribution in [-0.4, -0.2) is 26.2 Å². The zero-order chi connectivity index (χ0) is 19.7. The Balaban J connectivity index is 1.57. The number of benzene rings is 2. The number of nitrogens with one attached hydrogen (secondary N) is 1. The molecule has 28 heavy (non-hydrogen) atoms. The standard InChI is InChI=1S/C21H20ClNO5/c1-12(17-10-13-5-3-6-16(25-2)19(13)28-17)23-21(24)14-9-15(22)20-18(11-14)26-7-4-8-27-20/h3,5-6,9-12H,4,7-8H2,1-2H3,(H,23,24). The van der Waals surface area contributed by atoms with E-state index in [0.29, 0.717) is 52.4 Å². The number of hydrogen-bond acceptors (Lipinski definition) is 5. The second kappa shape index (κ2) is 7.64. The van der Waals surface area contributed by atoms with Gasteiger partial charge in [-0.05, 0) is 31.2 Å². The smallest absolute Gasteiger partial charge is 0.252 e. The molecule has 4 rings (SSSR count). The molecular weight excluding hydrogens is 382 g/mol. The molecule has 0 bridgehead atoms. The second-order valence-corrected chi connectivity index (χ2v) is 6.97. The van der Waals surface area contributed by atoms with Crippen molar-refractivity contribution in [2.45, 2.75) is 19.4 Å². The van der Waals surface area contributed by atoms with Crippen LogP contribution in [0.15, 0.2) is 40.8 Å². The van der Waals surface area contributed by atoms with Crippen molar-refractivity contribution in [3.63, 3.8) is 0 Å². The van der Waals surface area contributed by atoms with Gasteiger partial charge in [0, 0.05) is 17.4 Å². The van der Waals surface area contributed by atoms with Crippen LogP contribution in [-0.2, 0) is 0 Å². The van der Waals surface area contributed by atoms with E-state index in [1.54, 1.807) is 19.2 Å². The molecule has 6 nitrogen and oxygen atoms in total. The van der Waals surface area contributed by atoms with Crippen molar-refractivity contribution in [1.82, 2.24) is 5.32 Å². The maximum Gasteiger partial charge on any atom is 0.252 e. The Morgan fingerprint density at radius 1 is 1.21 bits per heavy atom. The van der Waals surface area contributed by atoms with Crippen LogP contribution in [0.25, 0.3) is 11.0 Å². The van der Waals surface area contributed by atoms with Gasteiger partial charge < -0.3 is 23.9 Å². The lowest BCUT2D eigenvalue weighted by atomic mass is 10.1. The number of carbonyl (C=O) groups is 1. The predicted octanol–water partition coefficient (Wildman–Crippen LogP) is 4.75. The molecular formula is C21H20ClNO5. The topological polar surface area (TPSA) is 69.9 Å². The van der Waals surface area contributed by atoms with E-state index in [2.05, 4.69) is 5.32 Å². The average Bonchev–Trinajstić information content (AvgIpc) is 2.99. The summed E-state index contributed by atoms with van der Waals surface area (Å²) in [7, 11) is 1.59. The Morgan fingerprint density at radius 3 is 2.86 bits per heavy atom. The van der Waals surface area contributed by atoms with E-state index < -0.39 is 0 Å². The molecule has 1 unspecified atom stereocenters. The van der Waals surface area contributed by atoms with E-state index in [9.17, 15) is 4.79 Å². The molecule has 1 amide bonds. The number of rotatable bonds is 4. The average molecular weight is 402 g/mol. The molecule has 0 radical (unpaired) electrons. The van der Waals surface area contributed by atoms with Gasteiger partial charge >= 0.3 is 0 Å². The molecule has 0 aliphatic carbocycles. The van der Waals surface area contributed by atoms with Crippen LogP contribution in [0.4, 0.5) is 0 Å². The lowest BCUT2D eigenvalue weighted by molar-refractivity contribution is 0.0935. The number of carbonyl (C=O) groups excluding carboxylic acids is 1. The zero-order valence-electron chi connectivity index (χ0n) is 15.6. The number of halogens is 1. The predicted molar refractivity (Wildman–Crippen MR) is 106 cm³/mol. The van der Waals surface area contributed by atoms with E-state index in [-0.39, 0.29) is 11.9 Å². The van der Waals surface area contributed by atoms with E-state index in [1.165, 1.54) is 0 Å². The Morgan fingerprint density at radius 2 is 2.04 bits per heavy atom. The molecule has 3 aromatic rings. The highest BCUT2D eigenvalue weighted by Gasteiger charge is 2.21. The third kappa shape index (κ3) is 3.47. The summed E-state index contributed by atoms with van der Waals surface area (Å²) < 4.78 is 22.5. The molecule has 1 aromatic heterocycles. The summed E-state index contributed by atoms with van der Waals surface area (Å²) >= 11 is 6.29. The molecule has 0 saturated heterocycles. The second-order valence-electron chi connectivity index (χ2n) is 6.56. The van der Waals surface area contributed by atoms with Gasteiger partial charge in [0.2, 0.25) is 0 Å². The van der Waals surface area contributed by atoms with E-state index >= 15 is 0 Å². The molecule has 1 aliphatic heterocycles. The minimum atomic E-state index is -0.348. The third-order valence-electron chi connectivity index (χ3n) is 4.59. The Hall–Kier alpha value is -2.86. The molecule has 1 aliphatic rings. The number of para-hydroxylation sites is 1. The highest BCUT2D eigenvalue weighted by Crippen LogP contribution is 2.38. The molecule has 7 heteroatoms. The van der Waals surface area contributed by atoms with Crippen molar-refractivity contribution in [3.8, 4) is 17.2 Å². The molecule has 146 valence electrons. The van der Waals surface area contributed by atoms with Gasteiger partial charge in [0.25, 0.3) is 5.91 Å². The van der Waals surface area contributed by atoms with Gasteiger partial charge in [0.1, 0.15) is 5.76 Å². The molecule has 1 N–H and O–H groups in total. The fourth-order valence-corrected chi connectivity index (χ4v) is 3.41. The molecule has 0 fully saturated rings. The van der Waals surface area contributed by atoms with Crippen LogP contribution in [0.3, 0.4) is 0 Å². The highest BCUT2D eigenvalue weighted by molar-refractivity contribution is 6.32. The number of fused-ring (bicyclic) bond motifs is 2. The fourth-order valence-electron chi connectivity index (χ4n) is 3.14. The monoisotopic (exact) mass is 401 g/mol. The van der Waals surface area contributed by atoms with Crippen molar-refractivity contribution in [2.75, 3.05) is 20.3 Å². The maximum atomic E-state index is 12.8. The number of hydrogen-bond donors (Lipinski definition) is 1. The maximum absolute atomic E-state index is 12.8. The Labute approximate surface area is 167 Å². The van der Waals surface area contributed by atoms with Crippen molar-refractivity contribution < 1.29 is 23.4 Å². The summed E-state index contributed by atoms with van der Waals surface area (Å²) in [5.74, 6) is 1.96. The van der Waals surface area contributed by atoms with Crippen LogP contribution < -0.4 is 19.5 Å². The molecule has 1 atom stereocenters. The van der Waals surface area contributed by atoms with E-state index in [1.807, 2.05) is 31.2 Å². The van der Waals surface area contributed by atoms with Gasteiger partial charge in [-0.1, -0.05) is 23.7 Å². The largest absolute Gasteiger partial charge is 0.493 e. The minimum Gasteiger partial charge on any atom is -0.493 e. The summed E-state index contributed by atoms with van der Waals surface area (Å²) in [6, 6.07) is 10.4. The Bertz CT molecular complexity index is 1030. The van der Waals surface area contributed by atoms with Crippen molar-refractivity contribution in [2.24, 2.45) is 0 Å². The van der Waals surface area contributed by atoms with Crippen LogP contribution in [0.5, 0.6) is 17.2 Å². The molecule has 2 heterocycles. The van der Waals surface area contributed by atoms with E-state index in [4.69, 9.17) is 30.2 Å². The summed E-state index contributed by atoms with van der Waals surface area (Å²) in [5.41, 5.74) is 1.05. The highest BCUT2D eigenvalue weighted by atomic mass is 35.5. The first kappa shape index (κ1) is 18.5. The van der Waals surface area contributed by atoms with Gasteiger partial charge in [0.05, 0.1) is 31.4 Å². The van der Waals surface area contributed by atoms with Gasteiger partial charge in [-0.3, -0.25) is 4.79 Å². The Kier molecular flexibility index (Phi) is 5.05. The summed E-state index contributed by atoms with van der Waals surface area (Å²) in [6.07, 6.45) is 0.763. The van der Waals surface area contributed by atoms with Crippen molar-refractivity contribution in [1.29, 1.82) is 0 Å². The third-order valence-corrected chi connectivity index (χ3v) is 4.87. The first-order chi connectivity index (χ1) is 13.6. The van der Waals surface area contributed by atoms with Gasteiger partial charge in [-0.2, -0.15) is 0 Å². The van der Waals surface area contributed by atoms with Crippen LogP contribution in [0, 0.1) is 0 Å². The normalized spacial score (nSPS) is 14.4. The summed E-state index contributed by atoms with van der Waals surface area (Å²) in [6.45, 7) is 2.91. The lowest BCUT2D eigenvalue weighted by Crippen LogP contribution is -2.26. The lowest BCUT2D eigenvalue weighted by Gasteiger charge is -2.14. The molecule has 2 aromatic carbocycles. The van der Waals surface area contributed by atoms with E-state index in [0.717, 1.165) is 11.8 Å². The van der Waals surface area contributed by atoms with Gasteiger partial charge in [0.15, 0.2) is 22.8 Å². The van der Waals surface area contributed by atoms with Gasteiger partial charge in [-0.25, -0.2) is 0 Å². The quantitative estimate of drug-likeness (QED) is 0.683. The van der Waals surface area contributed by atoms with Crippen LogP contribution in [0.2, 0.25) is 5.02 Å². The van der Waals surface area contributed by atoms with Crippen molar-refractivity contribution in [3.05, 3.63) is 52.7 Å². The summed E-state index contributed by atoms with van der Waals surface area (Å²) in [5, 5.41) is 4.20. The van der Waals surface area contributed by atoms with Crippen LogP contribution >= 0.6 is 11.6 Å². The van der Waals surface area contributed by atoms with Crippen LogP contribution in [0.1, 0.15) is 35.5 Å². The summed E-state index contributed by atoms with van der Waals surface area (Å²) in [4.78, 5) is 12.8. The SMILES string of the molecule is COc1cccc2cc(C(C)NC(=O)c3cc(Cl)c4c(c3)OCCCO4)oc12. The first-order valence-electron chi connectivity index (χ1n) is 9.03. The molecule has 0 spiro atoms. The fraction of sp³-hybridized carbons (Fsp3) is 0.286. The van der Waals surface area contributed by atoms with Gasteiger partial charge in [-0.15, -0.1) is 0 Å². The number of amides is 1. The zero-order valence-corrected chi connectivity index (χ0v) is 16.3. The minimum absolute atomic E-state index is 0.280. The number of methoxy groups -OCH3 is 1. The molecule has 0 saturated carbocycles. The van der Waals surface area contributed by atoms with Crippen molar-refractivity contribution >= 4 is 28.5 Å².